The van der Waals surface area contributed by atoms with E-state index in [2.05, 4.69) is 29.5 Å². The molecule has 0 spiro atoms. The smallest absolute Gasteiger partial charge is 0.269 e. The second-order valence-corrected chi connectivity index (χ2v) is 6.39. The first-order chi connectivity index (χ1) is 10.1. The topological polar surface area (TPSA) is 54.0 Å². The molecule has 0 unspecified atom stereocenters. The van der Waals surface area contributed by atoms with Gasteiger partial charge in [-0.25, -0.2) is 4.98 Å². The number of hydrogen-bond acceptors (Lipinski definition) is 3. The molecule has 1 amide bonds. The first-order valence-electron chi connectivity index (χ1n) is 8.12. The molecule has 116 valence electrons. The Balaban J connectivity index is 1.90. The van der Waals surface area contributed by atoms with Crippen molar-refractivity contribution in [2.24, 2.45) is 5.41 Å². The van der Waals surface area contributed by atoms with E-state index in [1.165, 1.54) is 32.1 Å². The molecule has 4 heteroatoms. The first-order valence-corrected chi connectivity index (χ1v) is 8.12. The second kappa shape index (κ2) is 7.43. The molecule has 0 radical (unpaired) electrons. The molecular weight excluding hydrogens is 262 g/mol. The van der Waals surface area contributed by atoms with Crippen molar-refractivity contribution in [3.63, 3.8) is 0 Å². The van der Waals surface area contributed by atoms with Crippen LogP contribution in [0.5, 0.6) is 0 Å². The summed E-state index contributed by atoms with van der Waals surface area (Å²) >= 11 is 0. The van der Waals surface area contributed by atoms with Crippen LogP contribution in [0.25, 0.3) is 0 Å². The number of carbonyl (C=O) groups excluding carboxylic acids is 1. The van der Waals surface area contributed by atoms with Crippen LogP contribution in [0.3, 0.4) is 0 Å². The monoisotopic (exact) mass is 289 g/mol. The van der Waals surface area contributed by atoms with Crippen molar-refractivity contribution in [2.75, 3.05) is 18.4 Å². The maximum atomic E-state index is 12.3. The Morgan fingerprint density at radius 3 is 2.76 bits per heavy atom. The normalized spacial score (nSPS) is 17.2. The van der Waals surface area contributed by atoms with Crippen LogP contribution in [0.2, 0.25) is 0 Å². The molecule has 1 aromatic heterocycles. The third kappa shape index (κ3) is 4.73. The molecule has 4 nitrogen and oxygen atoms in total. The van der Waals surface area contributed by atoms with E-state index in [0.717, 1.165) is 25.3 Å². The van der Waals surface area contributed by atoms with Gasteiger partial charge >= 0.3 is 0 Å². The van der Waals surface area contributed by atoms with Crippen molar-refractivity contribution < 1.29 is 4.79 Å². The Morgan fingerprint density at radius 1 is 1.29 bits per heavy atom. The van der Waals surface area contributed by atoms with Gasteiger partial charge in [-0.05, 0) is 36.8 Å². The number of nitrogens with one attached hydrogen (secondary N) is 2. The molecular formula is C17H27N3O. The highest BCUT2D eigenvalue weighted by Crippen LogP contribution is 2.34. The number of rotatable bonds is 6. The summed E-state index contributed by atoms with van der Waals surface area (Å²) in [6.07, 6.45) is 7.34. The number of aromatic nitrogens is 1. The molecule has 1 aliphatic rings. The standard InChI is InChI=1S/C17H27N3O/c1-3-12-18-15-9-7-8-14(20-15)16(21)19-13-17(2)10-5-4-6-11-17/h7-9H,3-6,10-13H2,1-2H3,(H,18,20)(H,19,21). The zero-order chi connectivity index (χ0) is 15.1. The van der Waals surface area contributed by atoms with E-state index in [-0.39, 0.29) is 11.3 Å². The quantitative estimate of drug-likeness (QED) is 0.841. The van der Waals surface area contributed by atoms with E-state index < -0.39 is 0 Å². The number of hydrogen-bond donors (Lipinski definition) is 2. The number of nitrogens with zero attached hydrogens (tertiary/aromatic N) is 1. The lowest BCUT2D eigenvalue weighted by molar-refractivity contribution is 0.0914. The Hall–Kier alpha value is -1.58. The molecule has 0 aliphatic heterocycles. The predicted octanol–water partition coefficient (Wildman–Crippen LogP) is 3.60. The van der Waals surface area contributed by atoms with E-state index in [0.29, 0.717) is 5.69 Å². The van der Waals surface area contributed by atoms with E-state index in [9.17, 15) is 4.79 Å². The second-order valence-electron chi connectivity index (χ2n) is 6.39. The van der Waals surface area contributed by atoms with Crippen molar-refractivity contribution >= 4 is 11.7 Å². The maximum absolute atomic E-state index is 12.3. The summed E-state index contributed by atoms with van der Waals surface area (Å²) in [6.45, 7) is 6.00. The summed E-state index contributed by atoms with van der Waals surface area (Å²) in [4.78, 5) is 16.6. The molecule has 0 atom stereocenters. The highest BCUT2D eigenvalue weighted by molar-refractivity contribution is 5.92. The van der Waals surface area contributed by atoms with Crippen LogP contribution in [0, 0.1) is 5.41 Å². The van der Waals surface area contributed by atoms with Gasteiger partial charge in [-0.15, -0.1) is 0 Å². The fourth-order valence-corrected chi connectivity index (χ4v) is 2.88. The van der Waals surface area contributed by atoms with E-state index in [4.69, 9.17) is 0 Å². The Kier molecular flexibility index (Phi) is 5.59. The summed E-state index contributed by atoms with van der Waals surface area (Å²) in [5.41, 5.74) is 0.752. The van der Waals surface area contributed by atoms with Crippen LogP contribution in [0.4, 0.5) is 5.82 Å². The predicted molar refractivity (Wildman–Crippen MR) is 86.5 cm³/mol. The van der Waals surface area contributed by atoms with Gasteiger partial charge in [-0.3, -0.25) is 4.79 Å². The van der Waals surface area contributed by atoms with Crippen molar-refractivity contribution in [3.8, 4) is 0 Å². The molecule has 1 saturated carbocycles. The molecule has 1 aliphatic carbocycles. The largest absolute Gasteiger partial charge is 0.370 e. The summed E-state index contributed by atoms with van der Waals surface area (Å²) in [6, 6.07) is 5.55. The van der Waals surface area contributed by atoms with Gasteiger partial charge in [-0.2, -0.15) is 0 Å². The minimum Gasteiger partial charge on any atom is -0.370 e. The lowest BCUT2D eigenvalue weighted by atomic mass is 9.76. The molecule has 2 rings (SSSR count). The Bertz CT molecular complexity index is 467. The molecule has 0 bridgehead atoms. The fraction of sp³-hybridized carbons (Fsp3) is 0.647. The van der Waals surface area contributed by atoms with Crippen LogP contribution in [-0.2, 0) is 0 Å². The lowest BCUT2D eigenvalue weighted by Crippen LogP contribution is -2.37. The highest BCUT2D eigenvalue weighted by Gasteiger charge is 2.27. The van der Waals surface area contributed by atoms with Gasteiger partial charge in [0, 0.05) is 13.1 Å². The summed E-state index contributed by atoms with van der Waals surface area (Å²) in [5.74, 6) is 0.704. The lowest BCUT2D eigenvalue weighted by Gasteiger charge is -2.33. The molecule has 21 heavy (non-hydrogen) atoms. The van der Waals surface area contributed by atoms with E-state index in [1.54, 1.807) is 6.07 Å². The maximum Gasteiger partial charge on any atom is 0.269 e. The van der Waals surface area contributed by atoms with Crippen molar-refractivity contribution in [1.82, 2.24) is 10.3 Å². The minimum atomic E-state index is -0.0676. The summed E-state index contributed by atoms with van der Waals surface area (Å²) < 4.78 is 0. The number of anilines is 1. The molecule has 2 N–H and O–H groups in total. The van der Waals surface area contributed by atoms with Crippen LogP contribution >= 0.6 is 0 Å². The third-order valence-electron chi connectivity index (χ3n) is 4.27. The van der Waals surface area contributed by atoms with E-state index in [1.807, 2.05) is 12.1 Å². The average molecular weight is 289 g/mol. The summed E-state index contributed by atoms with van der Waals surface area (Å²) in [5, 5.41) is 6.27. The molecule has 1 heterocycles. The van der Waals surface area contributed by atoms with Gasteiger partial charge in [0.05, 0.1) is 0 Å². The average Bonchev–Trinajstić information content (AvgIpc) is 2.52. The van der Waals surface area contributed by atoms with Crippen LogP contribution in [-0.4, -0.2) is 24.0 Å². The van der Waals surface area contributed by atoms with Crippen molar-refractivity contribution in [3.05, 3.63) is 23.9 Å². The van der Waals surface area contributed by atoms with Crippen LogP contribution in [0.15, 0.2) is 18.2 Å². The molecule has 1 aromatic rings. The third-order valence-corrected chi connectivity index (χ3v) is 4.27. The Morgan fingerprint density at radius 2 is 2.05 bits per heavy atom. The zero-order valence-corrected chi connectivity index (χ0v) is 13.2. The molecule has 1 fully saturated rings. The van der Waals surface area contributed by atoms with Crippen molar-refractivity contribution in [1.29, 1.82) is 0 Å². The molecule has 0 aromatic carbocycles. The minimum absolute atomic E-state index is 0.0676. The van der Waals surface area contributed by atoms with Crippen LogP contribution in [0.1, 0.15) is 62.9 Å². The first kappa shape index (κ1) is 15.8. The SMILES string of the molecule is CCCNc1cccc(C(=O)NCC2(C)CCCCC2)n1. The number of pyridine rings is 1. The highest BCUT2D eigenvalue weighted by atomic mass is 16.1. The molecule has 0 saturated heterocycles. The van der Waals surface area contributed by atoms with Gasteiger partial charge in [0.1, 0.15) is 11.5 Å². The van der Waals surface area contributed by atoms with Gasteiger partial charge in [0.25, 0.3) is 5.91 Å². The Labute approximate surface area is 127 Å². The van der Waals surface area contributed by atoms with E-state index >= 15 is 0 Å². The fourth-order valence-electron chi connectivity index (χ4n) is 2.88. The van der Waals surface area contributed by atoms with Gasteiger partial charge in [0.15, 0.2) is 0 Å². The van der Waals surface area contributed by atoms with Gasteiger partial charge in [-0.1, -0.05) is 39.2 Å². The van der Waals surface area contributed by atoms with Gasteiger partial charge in [0.2, 0.25) is 0 Å². The van der Waals surface area contributed by atoms with Crippen molar-refractivity contribution in [2.45, 2.75) is 52.4 Å². The number of amides is 1. The van der Waals surface area contributed by atoms with Crippen LogP contribution < -0.4 is 10.6 Å². The number of carbonyl (C=O) groups is 1. The van der Waals surface area contributed by atoms with Gasteiger partial charge < -0.3 is 10.6 Å². The summed E-state index contributed by atoms with van der Waals surface area (Å²) in [7, 11) is 0. The zero-order valence-electron chi connectivity index (χ0n) is 13.2.